The average Bonchev–Trinajstić information content (AvgIpc) is 2.44. The molecule has 0 aromatic rings. The molecule has 0 aromatic heterocycles. The van der Waals surface area contributed by atoms with Gasteiger partial charge in [-0.2, -0.15) is 0 Å². The van der Waals surface area contributed by atoms with Crippen LogP contribution in [-0.4, -0.2) is 55.0 Å². The summed E-state index contributed by atoms with van der Waals surface area (Å²) in [7, 11) is 0. The summed E-state index contributed by atoms with van der Waals surface area (Å²) in [5.41, 5.74) is -0.136. The first-order valence-electron chi connectivity index (χ1n) is 9.00. The van der Waals surface area contributed by atoms with E-state index in [9.17, 15) is 4.79 Å². The molecule has 2 aliphatic rings. The van der Waals surface area contributed by atoms with Crippen molar-refractivity contribution >= 4 is 6.09 Å². The van der Waals surface area contributed by atoms with E-state index in [1.807, 2.05) is 25.7 Å². The topological polar surface area (TPSA) is 50.8 Å². The van der Waals surface area contributed by atoms with Crippen molar-refractivity contribution in [1.29, 1.82) is 0 Å². The standard InChI is InChI=1S/C18H34N2O3/c1-17(2,3)23-16(21)20-10-11-22-13-14(20)12-19-15-8-6-7-9-18(15,4)5/h14-15,19H,6-13H2,1-5H3. The second-order valence-corrected chi connectivity index (χ2v) is 8.60. The van der Waals surface area contributed by atoms with Gasteiger partial charge < -0.3 is 14.8 Å². The Labute approximate surface area is 141 Å². The molecule has 0 bridgehead atoms. The van der Waals surface area contributed by atoms with E-state index in [1.165, 1.54) is 25.7 Å². The molecular formula is C18H34N2O3. The molecule has 0 spiro atoms. The molecule has 2 unspecified atom stereocenters. The van der Waals surface area contributed by atoms with Gasteiger partial charge in [0.1, 0.15) is 5.60 Å². The molecule has 1 aliphatic carbocycles. The summed E-state index contributed by atoms with van der Waals surface area (Å²) in [6.45, 7) is 12.9. The van der Waals surface area contributed by atoms with E-state index in [-0.39, 0.29) is 12.1 Å². The molecule has 2 rings (SSSR count). The van der Waals surface area contributed by atoms with Crippen LogP contribution in [0.3, 0.4) is 0 Å². The number of nitrogens with one attached hydrogen (secondary N) is 1. The van der Waals surface area contributed by atoms with Crippen LogP contribution in [0.1, 0.15) is 60.3 Å². The Morgan fingerprint density at radius 2 is 2.09 bits per heavy atom. The summed E-state index contributed by atoms with van der Waals surface area (Å²) in [6.07, 6.45) is 4.87. The van der Waals surface area contributed by atoms with Crippen LogP contribution in [0.2, 0.25) is 0 Å². The number of carbonyl (C=O) groups excluding carboxylic acids is 1. The Morgan fingerprint density at radius 1 is 1.35 bits per heavy atom. The molecule has 0 radical (unpaired) electrons. The van der Waals surface area contributed by atoms with Gasteiger partial charge in [0.2, 0.25) is 0 Å². The Morgan fingerprint density at radius 3 is 2.74 bits per heavy atom. The lowest BCUT2D eigenvalue weighted by atomic mass is 9.73. The number of carbonyl (C=O) groups is 1. The molecule has 1 saturated heterocycles. The van der Waals surface area contributed by atoms with E-state index in [2.05, 4.69) is 19.2 Å². The molecular weight excluding hydrogens is 292 g/mol. The lowest BCUT2D eigenvalue weighted by Gasteiger charge is -2.42. The molecule has 1 saturated carbocycles. The molecule has 23 heavy (non-hydrogen) atoms. The fraction of sp³-hybridized carbons (Fsp3) is 0.944. The fourth-order valence-electron chi connectivity index (χ4n) is 3.54. The number of rotatable bonds is 3. The highest BCUT2D eigenvalue weighted by Crippen LogP contribution is 2.35. The first-order chi connectivity index (χ1) is 10.7. The number of hydrogen-bond donors (Lipinski definition) is 1. The first kappa shape index (κ1) is 18.5. The molecule has 1 heterocycles. The number of hydrogen-bond acceptors (Lipinski definition) is 4. The Hall–Kier alpha value is -0.810. The first-order valence-corrected chi connectivity index (χ1v) is 9.00. The fourth-order valence-corrected chi connectivity index (χ4v) is 3.54. The highest BCUT2D eigenvalue weighted by molar-refractivity contribution is 5.68. The van der Waals surface area contributed by atoms with Crippen molar-refractivity contribution in [1.82, 2.24) is 10.2 Å². The van der Waals surface area contributed by atoms with Crippen molar-refractivity contribution in [2.24, 2.45) is 5.41 Å². The van der Waals surface area contributed by atoms with Gasteiger partial charge in [0.05, 0.1) is 19.3 Å². The molecule has 1 amide bonds. The lowest BCUT2D eigenvalue weighted by molar-refractivity contribution is -0.0333. The van der Waals surface area contributed by atoms with E-state index in [1.54, 1.807) is 0 Å². The molecule has 1 aliphatic heterocycles. The number of amides is 1. The van der Waals surface area contributed by atoms with Crippen LogP contribution in [0.5, 0.6) is 0 Å². The van der Waals surface area contributed by atoms with E-state index < -0.39 is 5.60 Å². The second-order valence-electron chi connectivity index (χ2n) is 8.60. The Kier molecular flexibility index (Phi) is 5.95. The molecule has 5 nitrogen and oxygen atoms in total. The predicted octanol–water partition coefficient (Wildman–Crippen LogP) is 3.18. The normalized spacial score (nSPS) is 28.5. The Bertz CT molecular complexity index is 404. The summed E-state index contributed by atoms with van der Waals surface area (Å²) in [5.74, 6) is 0. The number of nitrogens with zero attached hydrogens (tertiary/aromatic N) is 1. The zero-order chi connectivity index (χ0) is 17.1. The van der Waals surface area contributed by atoms with Gasteiger partial charge in [-0.15, -0.1) is 0 Å². The highest BCUT2D eigenvalue weighted by atomic mass is 16.6. The van der Waals surface area contributed by atoms with Gasteiger partial charge in [-0.05, 0) is 39.0 Å². The van der Waals surface area contributed by atoms with Crippen LogP contribution in [-0.2, 0) is 9.47 Å². The zero-order valence-corrected chi connectivity index (χ0v) is 15.5. The minimum absolute atomic E-state index is 0.0522. The van der Waals surface area contributed by atoms with Gasteiger partial charge in [-0.1, -0.05) is 26.7 Å². The molecule has 5 heteroatoms. The van der Waals surface area contributed by atoms with Crippen LogP contribution in [0.15, 0.2) is 0 Å². The quantitative estimate of drug-likeness (QED) is 0.865. The molecule has 2 fully saturated rings. The van der Waals surface area contributed by atoms with Crippen LogP contribution in [0, 0.1) is 5.41 Å². The van der Waals surface area contributed by atoms with E-state index >= 15 is 0 Å². The van der Waals surface area contributed by atoms with Crippen LogP contribution in [0.25, 0.3) is 0 Å². The maximum Gasteiger partial charge on any atom is 0.410 e. The monoisotopic (exact) mass is 326 g/mol. The van der Waals surface area contributed by atoms with Gasteiger partial charge in [-0.3, -0.25) is 4.90 Å². The predicted molar refractivity (Wildman–Crippen MR) is 91.6 cm³/mol. The largest absolute Gasteiger partial charge is 0.444 e. The summed E-state index contributed by atoms with van der Waals surface area (Å²) in [6, 6.07) is 0.565. The van der Waals surface area contributed by atoms with Crippen LogP contribution < -0.4 is 5.32 Å². The van der Waals surface area contributed by atoms with E-state index in [0.29, 0.717) is 31.2 Å². The van der Waals surface area contributed by atoms with Crippen LogP contribution in [0.4, 0.5) is 4.79 Å². The maximum absolute atomic E-state index is 12.4. The zero-order valence-electron chi connectivity index (χ0n) is 15.5. The highest BCUT2D eigenvalue weighted by Gasteiger charge is 2.35. The van der Waals surface area contributed by atoms with Crippen molar-refractivity contribution in [3.05, 3.63) is 0 Å². The Balaban J connectivity index is 1.92. The van der Waals surface area contributed by atoms with Gasteiger partial charge in [0.25, 0.3) is 0 Å². The number of morpholine rings is 1. The molecule has 1 N–H and O–H groups in total. The summed E-state index contributed by atoms with van der Waals surface area (Å²) < 4.78 is 11.1. The molecule has 2 atom stereocenters. The van der Waals surface area contributed by atoms with Crippen molar-refractivity contribution in [2.45, 2.75) is 78.0 Å². The van der Waals surface area contributed by atoms with Crippen molar-refractivity contribution in [2.75, 3.05) is 26.3 Å². The third-order valence-corrected chi connectivity index (χ3v) is 4.96. The van der Waals surface area contributed by atoms with E-state index in [4.69, 9.17) is 9.47 Å². The van der Waals surface area contributed by atoms with Crippen molar-refractivity contribution in [3.63, 3.8) is 0 Å². The van der Waals surface area contributed by atoms with Crippen LogP contribution >= 0.6 is 0 Å². The third-order valence-electron chi connectivity index (χ3n) is 4.96. The van der Waals surface area contributed by atoms with Gasteiger partial charge >= 0.3 is 6.09 Å². The SMILES string of the molecule is CC(C)(C)OC(=O)N1CCOCC1CNC1CCCCC1(C)C. The number of ether oxygens (including phenoxy) is 2. The van der Waals surface area contributed by atoms with Crippen molar-refractivity contribution < 1.29 is 14.3 Å². The van der Waals surface area contributed by atoms with Gasteiger partial charge in [0.15, 0.2) is 0 Å². The lowest BCUT2D eigenvalue weighted by Crippen LogP contribution is -2.56. The van der Waals surface area contributed by atoms with Gasteiger partial charge in [0, 0.05) is 19.1 Å². The molecule has 0 aromatic carbocycles. The smallest absolute Gasteiger partial charge is 0.410 e. The summed E-state index contributed by atoms with van der Waals surface area (Å²) in [4.78, 5) is 14.3. The average molecular weight is 326 g/mol. The van der Waals surface area contributed by atoms with E-state index in [0.717, 1.165) is 6.54 Å². The van der Waals surface area contributed by atoms with Crippen molar-refractivity contribution in [3.8, 4) is 0 Å². The van der Waals surface area contributed by atoms with Gasteiger partial charge in [-0.25, -0.2) is 4.79 Å². The summed E-state index contributed by atoms with van der Waals surface area (Å²) in [5, 5.41) is 3.70. The molecule has 134 valence electrons. The third kappa shape index (κ3) is 5.35. The minimum atomic E-state index is -0.460. The maximum atomic E-state index is 12.4. The minimum Gasteiger partial charge on any atom is -0.444 e. The second kappa shape index (κ2) is 7.39. The summed E-state index contributed by atoms with van der Waals surface area (Å²) >= 11 is 0.